The first kappa shape index (κ1) is 14.9. The van der Waals surface area contributed by atoms with Crippen LogP contribution >= 0.6 is 11.8 Å². The van der Waals surface area contributed by atoms with Gasteiger partial charge in [0, 0.05) is 18.8 Å². The molecule has 1 aliphatic rings. The van der Waals surface area contributed by atoms with E-state index in [1.54, 1.807) is 22.7 Å². The molecule has 1 saturated heterocycles. The van der Waals surface area contributed by atoms with Gasteiger partial charge in [0.2, 0.25) is 0 Å². The van der Waals surface area contributed by atoms with Gasteiger partial charge in [0.05, 0.1) is 0 Å². The molecule has 0 saturated carbocycles. The Morgan fingerprint density at radius 3 is 2.82 bits per heavy atom. The highest BCUT2D eigenvalue weighted by Crippen LogP contribution is 2.37. The number of rotatable bonds is 3. The number of halogens is 1. The first-order valence-electron chi connectivity index (χ1n) is 7.19. The summed E-state index contributed by atoms with van der Waals surface area (Å²) in [5, 5.41) is 2.82. The van der Waals surface area contributed by atoms with Crippen LogP contribution in [0.4, 0.5) is 9.18 Å². The molecule has 1 N–H and O–H groups in total. The molecule has 2 aromatic carbocycles. The van der Waals surface area contributed by atoms with Crippen LogP contribution in [0.5, 0.6) is 0 Å². The molecule has 0 aromatic heterocycles. The van der Waals surface area contributed by atoms with Gasteiger partial charge in [-0.15, -0.1) is 11.8 Å². The maximum Gasteiger partial charge on any atom is 0.318 e. The Hall–Kier alpha value is -2.01. The highest BCUT2D eigenvalue weighted by atomic mass is 32.2. The first-order valence-corrected chi connectivity index (χ1v) is 8.24. The number of hydrogen-bond donors (Lipinski definition) is 1. The van der Waals surface area contributed by atoms with Crippen molar-refractivity contribution >= 4 is 17.8 Å². The summed E-state index contributed by atoms with van der Waals surface area (Å²) in [6, 6.07) is 16.2. The number of benzene rings is 2. The van der Waals surface area contributed by atoms with E-state index in [0.717, 1.165) is 16.9 Å². The van der Waals surface area contributed by atoms with E-state index in [9.17, 15) is 9.18 Å². The number of carbonyl (C=O) groups excluding carboxylic acids is 1. The highest BCUT2D eigenvalue weighted by Gasteiger charge is 2.30. The van der Waals surface area contributed by atoms with Crippen molar-refractivity contribution in [3.8, 4) is 0 Å². The van der Waals surface area contributed by atoms with E-state index in [1.165, 1.54) is 12.1 Å². The summed E-state index contributed by atoms with van der Waals surface area (Å²) in [7, 11) is 0. The van der Waals surface area contributed by atoms with Crippen LogP contribution in [0.3, 0.4) is 0 Å². The molecule has 0 aliphatic carbocycles. The number of hydrogen-bond acceptors (Lipinski definition) is 2. The fraction of sp³-hybridized carbons (Fsp3) is 0.235. The molecule has 1 heterocycles. The molecule has 2 amide bonds. The van der Waals surface area contributed by atoms with Crippen LogP contribution in [-0.4, -0.2) is 23.2 Å². The molecule has 0 unspecified atom stereocenters. The summed E-state index contributed by atoms with van der Waals surface area (Å²) in [6.45, 7) is 1.17. The summed E-state index contributed by atoms with van der Waals surface area (Å²) in [6.07, 6.45) is 0. The van der Waals surface area contributed by atoms with Crippen LogP contribution in [0, 0.1) is 5.82 Å². The Kier molecular flexibility index (Phi) is 4.63. The Bertz CT molecular complexity index is 650. The van der Waals surface area contributed by atoms with Crippen molar-refractivity contribution in [3.05, 3.63) is 71.5 Å². The monoisotopic (exact) mass is 316 g/mol. The van der Waals surface area contributed by atoms with Crippen molar-refractivity contribution < 1.29 is 9.18 Å². The van der Waals surface area contributed by atoms with Crippen LogP contribution in [0.2, 0.25) is 0 Å². The van der Waals surface area contributed by atoms with Crippen molar-refractivity contribution in [2.24, 2.45) is 0 Å². The van der Waals surface area contributed by atoms with Gasteiger partial charge in [-0.2, -0.15) is 0 Å². The van der Waals surface area contributed by atoms with Gasteiger partial charge in [-0.3, -0.25) is 0 Å². The molecule has 0 radical (unpaired) electrons. The van der Waals surface area contributed by atoms with Crippen LogP contribution in [0.1, 0.15) is 16.5 Å². The van der Waals surface area contributed by atoms with Gasteiger partial charge < -0.3 is 10.2 Å². The van der Waals surface area contributed by atoms with E-state index >= 15 is 0 Å². The second kappa shape index (κ2) is 6.83. The molecule has 2 aromatic rings. The third-order valence-electron chi connectivity index (χ3n) is 3.57. The molecule has 3 nitrogen and oxygen atoms in total. The molecular formula is C17H17FN2OS. The van der Waals surface area contributed by atoms with E-state index in [0.29, 0.717) is 13.1 Å². The van der Waals surface area contributed by atoms with Crippen LogP contribution in [-0.2, 0) is 6.54 Å². The molecule has 5 heteroatoms. The lowest BCUT2D eigenvalue weighted by molar-refractivity contribution is 0.200. The molecule has 0 spiro atoms. The molecule has 1 aliphatic heterocycles. The Morgan fingerprint density at radius 2 is 2.05 bits per heavy atom. The maximum absolute atomic E-state index is 13.4. The minimum atomic E-state index is -0.269. The van der Waals surface area contributed by atoms with Gasteiger partial charge in [0.25, 0.3) is 0 Å². The zero-order valence-electron chi connectivity index (χ0n) is 12.0. The molecule has 114 valence electrons. The molecule has 1 atom stereocenters. The Balaban J connectivity index is 1.66. The number of thioether (sulfide) groups is 1. The molecule has 1 fully saturated rings. The largest absolute Gasteiger partial charge is 0.334 e. The van der Waals surface area contributed by atoms with Gasteiger partial charge in [-0.1, -0.05) is 42.5 Å². The minimum Gasteiger partial charge on any atom is -0.334 e. The number of nitrogens with zero attached hydrogens (tertiary/aromatic N) is 1. The van der Waals surface area contributed by atoms with Gasteiger partial charge in [-0.25, -0.2) is 9.18 Å². The summed E-state index contributed by atoms with van der Waals surface area (Å²) in [4.78, 5) is 14.2. The summed E-state index contributed by atoms with van der Waals surface area (Å²) >= 11 is 1.66. The third-order valence-corrected chi connectivity index (χ3v) is 4.83. The van der Waals surface area contributed by atoms with E-state index in [-0.39, 0.29) is 17.2 Å². The average molecular weight is 316 g/mol. The molecule has 22 heavy (non-hydrogen) atoms. The standard InChI is InChI=1S/C17H17FN2OS/c18-15-8-4-7-14(11-15)16-20(9-10-22-16)17(21)19-12-13-5-2-1-3-6-13/h1-8,11,16H,9-10,12H2,(H,19,21)/t16-/m0/s1. The topological polar surface area (TPSA) is 32.3 Å². The van der Waals surface area contributed by atoms with Crippen LogP contribution in [0.25, 0.3) is 0 Å². The smallest absolute Gasteiger partial charge is 0.318 e. The number of nitrogens with one attached hydrogen (secondary N) is 1. The summed E-state index contributed by atoms with van der Waals surface area (Å²) in [5.41, 5.74) is 1.89. The Morgan fingerprint density at radius 1 is 1.23 bits per heavy atom. The zero-order chi connectivity index (χ0) is 15.4. The van der Waals surface area contributed by atoms with E-state index in [2.05, 4.69) is 5.32 Å². The quantitative estimate of drug-likeness (QED) is 0.934. The number of urea groups is 1. The lowest BCUT2D eigenvalue weighted by atomic mass is 10.2. The van der Waals surface area contributed by atoms with E-state index < -0.39 is 0 Å². The van der Waals surface area contributed by atoms with Crippen molar-refractivity contribution in [2.45, 2.75) is 11.9 Å². The van der Waals surface area contributed by atoms with Crippen LogP contribution < -0.4 is 5.32 Å². The predicted molar refractivity (Wildman–Crippen MR) is 87.0 cm³/mol. The Labute approximate surface area is 133 Å². The highest BCUT2D eigenvalue weighted by molar-refractivity contribution is 7.99. The van der Waals surface area contributed by atoms with E-state index in [4.69, 9.17) is 0 Å². The molecule has 0 bridgehead atoms. The average Bonchev–Trinajstić information content (AvgIpc) is 3.03. The fourth-order valence-electron chi connectivity index (χ4n) is 2.49. The molecule has 3 rings (SSSR count). The first-order chi connectivity index (χ1) is 10.7. The number of carbonyl (C=O) groups is 1. The second-order valence-corrected chi connectivity index (χ2v) is 6.30. The second-order valence-electron chi connectivity index (χ2n) is 5.12. The molecular weight excluding hydrogens is 299 g/mol. The normalized spacial score (nSPS) is 17.5. The van der Waals surface area contributed by atoms with Crippen molar-refractivity contribution in [2.75, 3.05) is 12.3 Å². The van der Waals surface area contributed by atoms with Crippen molar-refractivity contribution in [1.82, 2.24) is 10.2 Å². The van der Waals surface area contributed by atoms with E-state index in [1.807, 2.05) is 36.4 Å². The van der Waals surface area contributed by atoms with Gasteiger partial charge in [-0.05, 0) is 23.3 Å². The lowest BCUT2D eigenvalue weighted by Crippen LogP contribution is -2.39. The minimum absolute atomic E-state index is 0.108. The SMILES string of the molecule is O=C(NCc1ccccc1)N1CCS[C@H]1c1cccc(F)c1. The van der Waals surface area contributed by atoms with Gasteiger partial charge in [0.15, 0.2) is 0 Å². The third kappa shape index (κ3) is 3.42. The summed E-state index contributed by atoms with van der Waals surface area (Å²) < 4.78 is 13.4. The lowest BCUT2D eigenvalue weighted by Gasteiger charge is -2.24. The van der Waals surface area contributed by atoms with Crippen LogP contribution in [0.15, 0.2) is 54.6 Å². The fourth-order valence-corrected chi connectivity index (χ4v) is 3.73. The van der Waals surface area contributed by atoms with Gasteiger partial charge >= 0.3 is 6.03 Å². The zero-order valence-corrected chi connectivity index (χ0v) is 12.9. The predicted octanol–water partition coefficient (Wildman–Crippen LogP) is 3.78. The number of amides is 2. The van der Waals surface area contributed by atoms with Crippen molar-refractivity contribution in [1.29, 1.82) is 0 Å². The summed E-state index contributed by atoms with van der Waals surface area (Å²) in [5.74, 6) is 0.592. The maximum atomic E-state index is 13.4. The van der Waals surface area contributed by atoms with Gasteiger partial charge in [0.1, 0.15) is 11.2 Å². The van der Waals surface area contributed by atoms with Crippen molar-refractivity contribution in [3.63, 3.8) is 0 Å².